The highest BCUT2D eigenvalue weighted by Gasteiger charge is 2.20. The molecular formula is C19H16ClN3O5. The number of non-ortho nitro benzene ring substituents is 1. The first-order valence-electron chi connectivity index (χ1n) is 8.32. The van der Waals surface area contributed by atoms with E-state index in [9.17, 15) is 20.0 Å². The van der Waals surface area contributed by atoms with E-state index in [0.29, 0.717) is 27.2 Å². The van der Waals surface area contributed by atoms with Crippen molar-refractivity contribution in [2.24, 2.45) is 0 Å². The van der Waals surface area contributed by atoms with Crippen LogP contribution in [0, 0.1) is 17.0 Å². The number of nitrogens with zero attached hydrogens (tertiary/aromatic N) is 2. The summed E-state index contributed by atoms with van der Waals surface area (Å²) in [4.78, 5) is 27.2. The van der Waals surface area contributed by atoms with E-state index in [0.717, 1.165) is 0 Å². The third-order valence-electron chi connectivity index (χ3n) is 4.17. The number of benzene rings is 2. The molecule has 0 fully saturated rings. The van der Waals surface area contributed by atoms with E-state index in [1.165, 1.54) is 24.4 Å². The molecule has 0 bridgehead atoms. The first kappa shape index (κ1) is 19.4. The third-order valence-corrected chi connectivity index (χ3v) is 4.58. The van der Waals surface area contributed by atoms with Gasteiger partial charge in [-0.1, -0.05) is 11.6 Å². The molecule has 8 nitrogen and oxygen atoms in total. The van der Waals surface area contributed by atoms with Gasteiger partial charge >= 0.3 is 5.97 Å². The summed E-state index contributed by atoms with van der Waals surface area (Å²) in [7, 11) is 0. The maximum atomic E-state index is 12.4. The van der Waals surface area contributed by atoms with Crippen molar-refractivity contribution < 1.29 is 19.6 Å². The smallest absolute Gasteiger partial charge is 0.341 e. The van der Waals surface area contributed by atoms with Crippen LogP contribution in [-0.2, 0) is 4.74 Å². The molecule has 2 aromatic carbocycles. The van der Waals surface area contributed by atoms with Gasteiger partial charge in [-0.25, -0.2) is 4.79 Å². The summed E-state index contributed by atoms with van der Waals surface area (Å²) in [6.45, 7) is 3.63. The minimum Gasteiger partial charge on any atom is -0.506 e. The van der Waals surface area contributed by atoms with E-state index in [1.54, 1.807) is 26.0 Å². The number of phenols is 1. The number of halogens is 1. The number of nitro benzene ring substituents is 1. The Balaban J connectivity index is 2.24. The fraction of sp³-hybridized carbons (Fsp3) is 0.158. The molecule has 28 heavy (non-hydrogen) atoms. The van der Waals surface area contributed by atoms with Crippen LogP contribution in [0.1, 0.15) is 22.8 Å². The van der Waals surface area contributed by atoms with Gasteiger partial charge in [0.1, 0.15) is 11.3 Å². The Bertz CT molecular complexity index is 1100. The van der Waals surface area contributed by atoms with E-state index in [-0.39, 0.29) is 29.3 Å². The number of ether oxygens (including phenoxy) is 1. The van der Waals surface area contributed by atoms with Crippen LogP contribution in [0.3, 0.4) is 0 Å². The van der Waals surface area contributed by atoms with Gasteiger partial charge in [-0.15, -0.1) is 0 Å². The van der Waals surface area contributed by atoms with Gasteiger partial charge in [0.25, 0.3) is 5.69 Å². The Hall–Kier alpha value is -3.39. The fourth-order valence-corrected chi connectivity index (χ4v) is 2.91. The Labute approximate surface area is 164 Å². The number of carbonyl (C=O) groups is 1. The fourth-order valence-electron chi connectivity index (χ4n) is 2.75. The average molecular weight is 402 g/mol. The number of phenolic OH excluding ortho intramolecular Hbond substituents is 1. The van der Waals surface area contributed by atoms with Crippen LogP contribution in [0.15, 0.2) is 36.5 Å². The Morgan fingerprint density at radius 1 is 1.36 bits per heavy atom. The Morgan fingerprint density at radius 3 is 2.79 bits per heavy atom. The van der Waals surface area contributed by atoms with Crippen molar-refractivity contribution in [2.75, 3.05) is 11.9 Å². The average Bonchev–Trinajstić information content (AvgIpc) is 2.66. The van der Waals surface area contributed by atoms with Crippen molar-refractivity contribution in [3.8, 4) is 5.75 Å². The van der Waals surface area contributed by atoms with Crippen molar-refractivity contribution >= 4 is 45.5 Å². The summed E-state index contributed by atoms with van der Waals surface area (Å²) in [5.41, 5.74) is 1.55. The molecule has 144 valence electrons. The van der Waals surface area contributed by atoms with Crippen LogP contribution in [0.2, 0.25) is 5.02 Å². The number of aryl methyl sites for hydroxylation is 1. The lowest BCUT2D eigenvalue weighted by atomic mass is 10.1. The standard InChI is InChI=1S/C19H16ClN3O5/c1-3-28-19(25)13-9-21-17-10(2)14(20)6-5-12(17)18(13)22-15-8-11(23(26)27)4-7-16(15)24/h4-9,24H,3H2,1-2H3,(H,21,22). The van der Waals surface area contributed by atoms with E-state index in [2.05, 4.69) is 10.3 Å². The quantitative estimate of drug-likeness (QED) is 0.275. The SMILES string of the molecule is CCOC(=O)c1cnc2c(C)c(Cl)ccc2c1Nc1cc([N+](=O)[O-])ccc1O. The molecule has 3 rings (SSSR count). The molecule has 0 spiro atoms. The topological polar surface area (TPSA) is 115 Å². The minimum absolute atomic E-state index is 0.0693. The largest absolute Gasteiger partial charge is 0.506 e. The van der Waals surface area contributed by atoms with Crippen molar-refractivity contribution in [3.05, 3.63) is 62.8 Å². The second-order valence-corrected chi connectivity index (χ2v) is 6.33. The number of fused-ring (bicyclic) bond motifs is 1. The zero-order valence-corrected chi connectivity index (χ0v) is 15.8. The molecule has 1 heterocycles. The number of carbonyl (C=O) groups excluding carboxylic acids is 1. The maximum absolute atomic E-state index is 12.4. The predicted molar refractivity (Wildman–Crippen MR) is 105 cm³/mol. The molecular weight excluding hydrogens is 386 g/mol. The van der Waals surface area contributed by atoms with Gasteiger partial charge in [0.2, 0.25) is 0 Å². The van der Waals surface area contributed by atoms with Gasteiger partial charge in [-0.3, -0.25) is 15.1 Å². The van der Waals surface area contributed by atoms with Crippen LogP contribution in [0.5, 0.6) is 5.75 Å². The summed E-state index contributed by atoms with van der Waals surface area (Å²) in [6.07, 6.45) is 1.35. The third kappa shape index (κ3) is 3.54. The number of nitrogens with one attached hydrogen (secondary N) is 1. The van der Waals surface area contributed by atoms with Crippen molar-refractivity contribution in [2.45, 2.75) is 13.8 Å². The molecule has 2 N–H and O–H groups in total. The van der Waals surface area contributed by atoms with Gasteiger partial charge < -0.3 is 15.2 Å². The van der Waals surface area contributed by atoms with Gasteiger partial charge in [-0.05, 0) is 37.6 Å². The number of aromatic hydroxyl groups is 1. The lowest BCUT2D eigenvalue weighted by molar-refractivity contribution is -0.384. The van der Waals surface area contributed by atoms with Crippen LogP contribution in [-0.4, -0.2) is 27.6 Å². The number of anilines is 2. The predicted octanol–water partition coefficient (Wildman–Crippen LogP) is 4.73. The second kappa shape index (κ2) is 7.69. The summed E-state index contributed by atoms with van der Waals surface area (Å²) in [5.74, 6) is -0.826. The van der Waals surface area contributed by atoms with Crippen molar-refractivity contribution in [1.29, 1.82) is 0 Å². The number of nitro groups is 1. The van der Waals surface area contributed by atoms with E-state index in [1.807, 2.05) is 0 Å². The number of aromatic nitrogens is 1. The Morgan fingerprint density at radius 2 is 2.11 bits per heavy atom. The molecule has 0 amide bonds. The van der Waals surface area contributed by atoms with Gasteiger partial charge in [0, 0.05) is 28.7 Å². The molecule has 0 radical (unpaired) electrons. The first-order valence-corrected chi connectivity index (χ1v) is 8.70. The molecule has 3 aromatic rings. The van der Waals surface area contributed by atoms with Gasteiger partial charge in [0.05, 0.1) is 28.4 Å². The molecule has 9 heteroatoms. The lowest BCUT2D eigenvalue weighted by Gasteiger charge is -2.16. The Kier molecular flexibility index (Phi) is 5.32. The zero-order chi connectivity index (χ0) is 20.4. The molecule has 0 aliphatic rings. The zero-order valence-electron chi connectivity index (χ0n) is 15.0. The second-order valence-electron chi connectivity index (χ2n) is 5.92. The number of rotatable bonds is 5. The van der Waals surface area contributed by atoms with Gasteiger partial charge in [0.15, 0.2) is 0 Å². The summed E-state index contributed by atoms with van der Waals surface area (Å²) in [5, 5.41) is 25.2. The minimum atomic E-state index is -0.614. The molecule has 0 unspecified atom stereocenters. The van der Waals surface area contributed by atoms with E-state index >= 15 is 0 Å². The van der Waals surface area contributed by atoms with Crippen LogP contribution in [0.4, 0.5) is 17.1 Å². The monoisotopic (exact) mass is 401 g/mol. The van der Waals surface area contributed by atoms with Crippen LogP contribution in [0.25, 0.3) is 10.9 Å². The van der Waals surface area contributed by atoms with Gasteiger partial charge in [-0.2, -0.15) is 0 Å². The summed E-state index contributed by atoms with van der Waals surface area (Å²) >= 11 is 6.17. The molecule has 0 aliphatic heterocycles. The highest BCUT2D eigenvalue weighted by molar-refractivity contribution is 6.32. The van der Waals surface area contributed by atoms with E-state index in [4.69, 9.17) is 16.3 Å². The molecule has 1 aromatic heterocycles. The van der Waals surface area contributed by atoms with Crippen LogP contribution < -0.4 is 5.32 Å². The first-order chi connectivity index (χ1) is 13.3. The highest BCUT2D eigenvalue weighted by Crippen LogP contribution is 2.37. The van der Waals surface area contributed by atoms with Crippen molar-refractivity contribution in [3.63, 3.8) is 0 Å². The number of hydrogen-bond donors (Lipinski definition) is 2. The normalized spacial score (nSPS) is 10.7. The number of pyridine rings is 1. The highest BCUT2D eigenvalue weighted by atomic mass is 35.5. The van der Waals surface area contributed by atoms with E-state index < -0.39 is 10.9 Å². The summed E-state index contributed by atoms with van der Waals surface area (Å²) in [6, 6.07) is 6.90. The lowest BCUT2D eigenvalue weighted by Crippen LogP contribution is -2.09. The molecule has 0 saturated heterocycles. The maximum Gasteiger partial charge on any atom is 0.341 e. The summed E-state index contributed by atoms with van der Waals surface area (Å²) < 4.78 is 5.09. The van der Waals surface area contributed by atoms with Crippen molar-refractivity contribution in [1.82, 2.24) is 4.98 Å². The molecule has 0 atom stereocenters. The van der Waals surface area contributed by atoms with Crippen LogP contribution >= 0.6 is 11.6 Å². The molecule has 0 aliphatic carbocycles. The molecule has 0 saturated carbocycles. The number of esters is 1. The number of hydrogen-bond acceptors (Lipinski definition) is 7.